The molecule has 4 N–H and O–H groups in total. The predicted molar refractivity (Wildman–Crippen MR) is 239 cm³/mol. The summed E-state index contributed by atoms with van der Waals surface area (Å²) in [5.41, 5.74) is 4.87. The van der Waals surface area contributed by atoms with Gasteiger partial charge in [-0.25, -0.2) is 0 Å². The van der Waals surface area contributed by atoms with Gasteiger partial charge in [0.25, 0.3) is 0 Å². The Labute approximate surface area is 364 Å². The number of carbonyl (C=O) groups excluding carboxylic acids is 3. The molecule has 1 atom stereocenters. The maximum absolute atomic E-state index is 11.7. The molecule has 2 aliphatic heterocycles. The van der Waals surface area contributed by atoms with Gasteiger partial charge in [-0.2, -0.15) is 0 Å². The van der Waals surface area contributed by atoms with Crippen LogP contribution in [0.2, 0.25) is 0 Å². The van der Waals surface area contributed by atoms with Crippen LogP contribution in [0, 0.1) is 17.3 Å². The average Bonchev–Trinajstić information content (AvgIpc) is 3.72. The molecule has 16 heteroatoms. The van der Waals surface area contributed by atoms with E-state index in [0.717, 1.165) is 144 Å². The smallest absolute Gasteiger partial charge is 0.213 e. The molecule has 2 amide bonds. The fourth-order valence-electron chi connectivity index (χ4n) is 7.51. The van der Waals surface area contributed by atoms with E-state index in [0.29, 0.717) is 35.7 Å². The van der Waals surface area contributed by atoms with Gasteiger partial charge in [0.05, 0.1) is 25.1 Å². The maximum atomic E-state index is 11.7. The van der Waals surface area contributed by atoms with Crippen LogP contribution >= 0.6 is 0 Å². The molecule has 2 fully saturated rings. The summed E-state index contributed by atoms with van der Waals surface area (Å²) in [5.74, 6) is 13.2. The Hall–Kier alpha value is -5.83. The van der Waals surface area contributed by atoms with Gasteiger partial charge in [0.15, 0.2) is 11.6 Å². The molecule has 330 valence electrons. The third-order valence-electron chi connectivity index (χ3n) is 11.2. The number of benzene rings is 3. The quantitative estimate of drug-likeness (QED) is 0.0167. The van der Waals surface area contributed by atoms with Crippen LogP contribution in [0.4, 0.5) is 0 Å². The lowest BCUT2D eigenvalue weighted by molar-refractivity contribution is -0.117. The average molecular weight is 849 g/mol. The number of nitrogens with zero attached hydrogens (tertiary/aromatic N) is 7. The van der Waals surface area contributed by atoms with E-state index in [4.69, 9.17) is 34.8 Å². The normalized spacial score (nSPS) is 15.7. The van der Waals surface area contributed by atoms with Crippen molar-refractivity contribution in [1.82, 2.24) is 30.1 Å². The summed E-state index contributed by atoms with van der Waals surface area (Å²) in [6.07, 6.45) is 5.91. The second-order valence-corrected chi connectivity index (χ2v) is 15.5. The number of imide groups is 1. The molecule has 0 aliphatic carbocycles. The molecular weight excluding hydrogens is 789 g/mol. The fraction of sp³-hybridized carbons (Fsp3) is 0.457. The molecule has 4 aromatic rings. The fourth-order valence-corrected chi connectivity index (χ4v) is 7.51. The minimum atomic E-state index is -0.0307. The molecule has 6 rings (SSSR count). The van der Waals surface area contributed by atoms with Crippen molar-refractivity contribution >= 4 is 35.8 Å². The molecule has 2 saturated heterocycles. The molecule has 2 aliphatic rings. The van der Waals surface area contributed by atoms with E-state index in [9.17, 15) is 4.79 Å². The Morgan fingerprint density at radius 3 is 2.40 bits per heavy atom. The second-order valence-electron chi connectivity index (χ2n) is 15.5. The van der Waals surface area contributed by atoms with Crippen molar-refractivity contribution < 1.29 is 28.4 Å². The van der Waals surface area contributed by atoms with E-state index in [-0.39, 0.29) is 11.9 Å². The van der Waals surface area contributed by atoms with Gasteiger partial charge in [-0.1, -0.05) is 53.8 Å². The first-order valence-electron chi connectivity index (χ1n) is 21.3. The molecule has 1 unspecified atom stereocenters. The Morgan fingerprint density at radius 1 is 1.00 bits per heavy atom. The number of likely N-dealkylation sites (tertiary alicyclic amines) is 1. The number of nitrogens with one attached hydrogen (secondary N) is 2. The number of amides is 2. The van der Waals surface area contributed by atoms with Crippen molar-refractivity contribution in [2.45, 2.75) is 58.2 Å². The minimum absolute atomic E-state index is 0.0307. The molecule has 0 radical (unpaired) electrons. The zero-order valence-electron chi connectivity index (χ0n) is 36.1. The van der Waals surface area contributed by atoms with Crippen LogP contribution in [0.3, 0.4) is 0 Å². The van der Waals surface area contributed by atoms with E-state index in [2.05, 4.69) is 73.9 Å². The number of piperidine rings is 1. The molecule has 0 saturated carbocycles. The van der Waals surface area contributed by atoms with Crippen LogP contribution < -0.4 is 15.9 Å². The van der Waals surface area contributed by atoms with Crippen molar-refractivity contribution in [2.75, 3.05) is 79.2 Å². The maximum Gasteiger partial charge on any atom is 0.213 e. The second kappa shape index (κ2) is 25.2. The first kappa shape index (κ1) is 47.2. The number of aldehydes is 1. The van der Waals surface area contributed by atoms with Crippen LogP contribution in [0.5, 0.6) is 5.75 Å². The minimum Gasteiger partial charge on any atom is -0.490 e. The van der Waals surface area contributed by atoms with E-state index in [1.54, 1.807) is 17.4 Å². The van der Waals surface area contributed by atoms with Gasteiger partial charge in [-0.15, -0.1) is 5.11 Å². The SMILES string of the molecule is CCCC(C)N(C)Cc1cc(C#CCN2CCN(CCOCCN3CCC(Oc4cccc(-c5onc6ccc(C(=N)N=NN)cc56)c4)CC3)CC2)ccc1C=O.O=CNC=O. The zero-order chi connectivity index (χ0) is 44.1. The lowest BCUT2D eigenvalue weighted by Gasteiger charge is -2.34. The monoisotopic (exact) mass is 848 g/mol. The molecular formula is C46H60N10O6. The van der Waals surface area contributed by atoms with Crippen molar-refractivity contribution in [3.05, 3.63) is 82.9 Å². The molecule has 16 nitrogen and oxygen atoms in total. The van der Waals surface area contributed by atoms with Crippen LogP contribution in [-0.4, -0.2) is 141 Å². The van der Waals surface area contributed by atoms with E-state index < -0.39 is 0 Å². The van der Waals surface area contributed by atoms with E-state index in [1.165, 1.54) is 0 Å². The molecule has 1 aromatic heterocycles. The first-order valence-corrected chi connectivity index (χ1v) is 21.3. The highest BCUT2D eigenvalue weighted by Gasteiger charge is 2.22. The third kappa shape index (κ3) is 14.4. The topological polar surface area (TPSA) is 195 Å². The third-order valence-corrected chi connectivity index (χ3v) is 11.2. The molecule has 62 heavy (non-hydrogen) atoms. The number of amidine groups is 1. The Kier molecular flexibility index (Phi) is 19.2. The van der Waals surface area contributed by atoms with Gasteiger partial charge in [0.1, 0.15) is 23.7 Å². The van der Waals surface area contributed by atoms with E-state index in [1.807, 2.05) is 42.5 Å². The number of aromatic nitrogens is 1. The van der Waals surface area contributed by atoms with Crippen LogP contribution in [0.1, 0.15) is 66.6 Å². The standard InChI is InChI=1S/C44H57N9O4.C2H3NO2/c1-4-7-33(2)50(3)31-38-28-34(11-12-37(38)32-54)8-6-17-51-20-22-53(23-21-51)25-27-55-26-24-52-18-15-39(16-19-52)56-40-10-5-9-35(29-40)43-41-30-36(44(45)47-49-46)13-14-42(41)48-57-43;4-1-3-2-5/h5,9-14,28-30,32-33,39H,4,7,15-27,31H2,1-3H3,(H3,45,46,47);1-2H,(H,3,4,5). The lowest BCUT2D eigenvalue weighted by Crippen LogP contribution is -2.47. The summed E-state index contributed by atoms with van der Waals surface area (Å²) in [4.78, 5) is 39.5. The highest BCUT2D eigenvalue weighted by Crippen LogP contribution is 2.32. The molecule has 0 spiro atoms. The van der Waals surface area contributed by atoms with Gasteiger partial charge in [0, 0.05) is 87.2 Å². The summed E-state index contributed by atoms with van der Waals surface area (Å²) in [6.45, 7) is 15.3. The summed E-state index contributed by atoms with van der Waals surface area (Å²) >= 11 is 0. The summed E-state index contributed by atoms with van der Waals surface area (Å²) in [7, 11) is 2.12. The van der Waals surface area contributed by atoms with Gasteiger partial charge >= 0.3 is 0 Å². The molecule has 3 aromatic carbocycles. The number of rotatable bonds is 19. The summed E-state index contributed by atoms with van der Waals surface area (Å²) in [5, 5.41) is 21.6. The number of hydrogen-bond acceptors (Lipinski definition) is 13. The number of ether oxygens (including phenoxy) is 2. The van der Waals surface area contributed by atoms with Gasteiger partial charge < -0.3 is 30.1 Å². The molecule has 0 bridgehead atoms. The van der Waals surface area contributed by atoms with Crippen LogP contribution in [0.25, 0.3) is 22.2 Å². The van der Waals surface area contributed by atoms with Crippen LogP contribution in [0.15, 0.2) is 75.5 Å². The summed E-state index contributed by atoms with van der Waals surface area (Å²) < 4.78 is 18.2. The molecule has 3 heterocycles. The number of fused-ring (bicyclic) bond motifs is 1. The largest absolute Gasteiger partial charge is 0.490 e. The number of carbonyl (C=O) groups is 3. The van der Waals surface area contributed by atoms with Gasteiger partial charge in [0.2, 0.25) is 12.8 Å². The van der Waals surface area contributed by atoms with Gasteiger partial charge in [-0.05, 0) is 81.3 Å². The van der Waals surface area contributed by atoms with Crippen molar-refractivity contribution in [1.29, 1.82) is 5.41 Å². The van der Waals surface area contributed by atoms with E-state index >= 15 is 0 Å². The highest BCUT2D eigenvalue weighted by molar-refractivity contribution is 6.02. The number of hydrogen-bond donors (Lipinski definition) is 3. The van der Waals surface area contributed by atoms with Crippen LogP contribution in [-0.2, 0) is 20.9 Å². The highest BCUT2D eigenvalue weighted by atomic mass is 16.5. The Morgan fingerprint density at radius 2 is 1.73 bits per heavy atom. The number of piperazine rings is 1. The number of nitrogens with two attached hydrogens (primary N) is 1. The van der Waals surface area contributed by atoms with Crippen molar-refractivity contribution in [2.24, 2.45) is 16.2 Å². The first-order chi connectivity index (χ1) is 30.2. The Bertz CT molecular complexity index is 2140. The van der Waals surface area contributed by atoms with Crippen molar-refractivity contribution in [3.63, 3.8) is 0 Å². The van der Waals surface area contributed by atoms with Gasteiger partial charge in [-0.3, -0.25) is 34.5 Å². The summed E-state index contributed by atoms with van der Waals surface area (Å²) in [6, 6.07) is 19.6. The predicted octanol–water partition coefficient (Wildman–Crippen LogP) is 5.00. The Balaban J connectivity index is 0.00000137. The van der Waals surface area contributed by atoms with Crippen molar-refractivity contribution in [3.8, 4) is 28.9 Å². The zero-order valence-corrected chi connectivity index (χ0v) is 36.1. The lowest BCUT2D eigenvalue weighted by atomic mass is 10.0.